The molecule has 6 nitrogen and oxygen atoms in total. The number of nitrogens with zero attached hydrogens (tertiary/aromatic N) is 3. The van der Waals surface area contributed by atoms with Crippen molar-refractivity contribution in [1.29, 1.82) is 5.26 Å². The number of halogens is 2. The highest BCUT2D eigenvalue weighted by atomic mass is 35.5. The van der Waals surface area contributed by atoms with E-state index in [0.717, 1.165) is 29.9 Å². The van der Waals surface area contributed by atoms with Gasteiger partial charge in [-0.25, -0.2) is 0 Å². The van der Waals surface area contributed by atoms with Crippen LogP contribution in [0, 0.1) is 25.2 Å². The number of likely N-dealkylation sites (N-methyl/N-ethyl adjacent to an activating group) is 1. The van der Waals surface area contributed by atoms with Gasteiger partial charge in [-0.05, 0) is 50.1 Å². The van der Waals surface area contributed by atoms with Crippen LogP contribution in [-0.2, 0) is 16.1 Å². The smallest absolute Gasteiger partial charge is 0.264 e. The topological polar surface area (TPSA) is 78.1 Å². The molecule has 8 heteroatoms. The fourth-order valence-corrected chi connectivity index (χ4v) is 3.62. The Morgan fingerprint density at radius 1 is 1.27 bits per heavy atom. The molecule has 0 fully saturated rings. The van der Waals surface area contributed by atoms with Crippen LogP contribution < -0.4 is 5.32 Å². The lowest BCUT2D eigenvalue weighted by molar-refractivity contribution is -0.129. The summed E-state index contributed by atoms with van der Waals surface area (Å²) in [5.74, 6) is -1.02. The molecule has 2 aromatic rings. The highest BCUT2D eigenvalue weighted by Gasteiger charge is 2.19. The lowest BCUT2D eigenvalue weighted by atomic mass is 10.1. The van der Waals surface area contributed by atoms with Crippen LogP contribution in [0.1, 0.15) is 30.3 Å². The molecule has 30 heavy (non-hydrogen) atoms. The second-order valence-corrected chi connectivity index (χ2v) is 7.77. The maximum atomic E-state index is 12.7. The maximum absolute atomic E-state index is 12.7. The van der Waals surface area contributed by atoms with E-state index in [1.807, 2.05) is 26.0 Å². The van der Waals surface area contributed by atoms with Crippen molar-refractivity contribution in [3.8, 4) is 6.07 Å². The van der Waals surface area contributed by atoms with E-state index in [1.165, 1.54) is 11.9 Å². The third-order valence-corrected chi connectivity index (χ3v) is 5.30. The lowest BCUT2D eigenvalue weighted by Crippen LogP contribution is -2.35. The van der Waals surface area contributed by atoms with Gasteiger partial charge in [0.25, 0.3) is 5.91 Å². The molecule has 0 aliphatic carbocycles. The van der Waals surface area contributed by atoms with Gasteiger partial charge in [0.1, 0.15) is 11.6 Å². The quantitative estimate of drug-likeness (QED) is 0.488. The SMILES string of the molecule is CCCn1c(C)cc(/C=C(\C#N)C(=O)N(C)CC(=O)Nc2c(Cl)cccc2Cl)c1C. The Morgan fingerprint density at radius 2 is 1.90 bits per heavy atom. The van der Waals surface area contributed by atoms with Crippen LogP contribution >= 0.6 is 23.2 Å². The number of anilines is 1. The minimum atomic E-state index is -0.543. The van der Waals surface area contributed by atoms with Crippen molar-refractivity contribution in [1.82, 2.24) is 9.47 Å². The van der Waals surface area contributed by atoms with Crippen LogP contribution in [-0.4, -0.2) is 34.9 Å². The average Bonchev–Trinajstić information content (AvgIpc) is 2.96. The molecule has 0 aliphatic heterocycles. The van der Waals surface area contributed by atoms with Crippen molar-refractivity contribution in [2.75, 3.05) is 18.9 Å². The van der Waals surface area contributed by atoms with Crippen LogP contribution in [0.5, 0.6) is 0 Å². The van der Waals surface area contributed by atoms with Crippen LogP contribution in [0.25, 0.3) is 6.08 Å². The van der Waals surface area contributed by atoms with Crippen molar-refractivity contribution < 1.29 is 9.59 Å². The molecule has 2 rings (SSSR count). The molecule has 2 amide bonds. The molecule has 0 atom stereocenters. The molecule has 0 saturated carbocycles. The molecule has 1 aromatic carbocycles. The van der Waals surface area contributed by atoms with Crippen molar-refractivity contribution in [2.24, 2.45) is 0 Å². The number of hydrogen-bond acceptors (Lipinski definition) is 3. The van der Waals surface area contributed by atoms with Crippen molar-refractivity contribution in [2.45, 2.75) is 33.7 Å². The Kier molecular flexibility index (Phi) is 8.10. The standard InChI is InChI=1S/C22H24Cl2N4O2/c1-5-9-28-14(2)10-16(15(28)3)11-17(12-25)22(30)27(4)13-20(29)26-21-18(23)7-6-8-19(21)24/h6-8,10-11H,5,9,13H2,1-4H3,(H,26,29)/b17-11+. The van der Waals surface area contributed by atoms with Gasteiger partial charge in [-0.15, -0.1) is 0 Å². The van der Waals surface area contributed by atoms with Gasteiger partial charge < -0.3 is 14.8 Å². The summed E-state index contributed by atoms with van der Waals surface area (Å²) in [4.78, 5) is 26.3. The normalized spacial score (nSPS) is 11.2. The first-order valence-corrected chi connectivity index (χ1v) is 10.2. The third-order valence-electron chi connectivity index (χ3n) is 4.67. The summed E-state index contributed by atoms with van der Waals surface area (Å²) in [6.07, 6.45) is 2.55. The van der Waals surface area contributed by atoms with E-state index in [-0.39, 0.29) is 17.8 Å². The first kappa shape index (κ1) is 23.5. The lowest BCUT2D eigenvalue weighted by Gasteiger charge is -2.17. The zero-order chi connectivity index (χ0) is 22.4. The Balaban J connectivity index is 2.15. The Bertz CT molecular complexity index is 1010. The predicted octanol–water partition coefficient (Wildman–Crippen LogP) is 4.83. The number of nitrogens with one attached hydrogen (secondary N) is 1. The van der Waals surface area contributed by atoms with Gasteiger partial charge in [-0.1, -0.05) is 36.2 Å². The van der Waals surface area contributed by atoms with E-state index in [4.69, 9.17) is 23.2 Å². The van der Waals surface area contributed by atoms with E-state index in [9.17, 15) is 14.9 Å². The fourth-order valence-electron chi connectivity index (χ4n) is 3.13. The minimum Gasteiger partial charge on any atom is -0.349 e. The molecule has 1 N–H and O–H groups in total. The molecule has 0 radical (unpaired) electrons. The van der Waals surface area contributed by atoms with Crippen LogP contribution in [0.15, 0.2) is 29.8 Å². The second kappa shape index (κ2) is 10.3. The predicted molar refractivity (Wildman–Crippen MR) is 121 cm³/mol. The highest BCUT2D eigenvalue weighted by molar-refractivity contribution is 6.39. The number of amides is 2. The molecule has 0 unspecified atom stereocenters. The number of benzene rings is 1. The molecule has 1 heterocycles. The van der Waals surface area contributed by atoms with Crippen LogP contribution in [0.4, 0.5) is 5.69 Å². The first-order chi connectivity index (χ1) is 14.2. The molecular weight excluding hydrogens is 423 g/mol. The molecule has 1 aromatic heterocycles. The summed E-state index contributed by atoms with van der Waals surface area (Å²) in [7, 11) is 1.46. The summed E-state index contributed by atoms with van der Waals surface area (Å²) in [5.41, 5.74) is 3.11. The second-order valence-electron chi connectivity index (χ2n) is 6.95. The van der Waals surface area contributed by atoms with Gasteiger partial charge in [0.15, 0.2) is 0 Å². The number of aromatic nitrogens is 1. The van der Waals surface area contributed by atoms with Gasteiger partial charge >= 0.3 is 0 Å². The molecule has 0 bridgehead atoms. The van der Waals surface area contributed by atoms with Gasteiger partial charge in [0, 0.05) is 25.0 Å². The summed E-state index contributed by atoms with van der Waals surface area (Å²) in [6, 6.07) is 8.76. The number of para-hydroxylation sites is 1. The van der Waals surface area contributed by atoms with Gasteiger partial charge in [-0.3, -0.25) is 9.59 Å². The third kappa shape index (κ3) is 5.44. The van der Waals surface area contributed by atoms with Crippen LogP contribution in [0.3, 0.4) is 0 Å². The Labute approximate surface area is 186 Å². The number of carbonyl (C=O) groups is 2. The molecule has 0 aliphatic rings. The fraction of sp³-hybridized carbons (Fsp3) is 0.318. The zero-order valence-electron chi connectivity index (χ0n) is 17.4. The number of rotatable bonds is 7. The van der Waals surface area contributed by atoms with E-state index in [2.05, 4.69) is 16.8 Å². The molecule has 0 spiro atoms. The molecule has 0 saturated heterocycles. The van der Waals surface area contributed by atoms with E-state index < -0.39 is 11.8 Å². The molecule has 158 valence electrons. The summed E-state index contributed by atoms with van der Waals surface area (Å²) in [6.45, 7) is 6.65. The van der Waals surface area contributed by atoms with E-state index >= 15 is 0 Å². The van der Waals surface area contributed by atoms with Crippen molar-refractivity contribution >= 4 is 46.8 Å². The monoisotopic (exact) mass is 446 g/mol. The zero-order valence-corrected chi connectivity index (χ0v) is 18.9. The average molecular weight is 447 g/mol. The maximum Gasteiger partial charge on any atom is 0.264 e. The summed E-state index contributed by atoms with van der Waals surface area (Å²) < 4.78 is 2.15. The molecular formula is C22H24Cl2N4O2. The highest BCUT2D eigenvalue weighted by Crippen LogP contribution is 2.29. The van der Waals surface area contributed by atoms with Gasteiger partial charge in [0.05, 0.1) is 22.3 Å². The van der Waals surface area contributed by atoms with Crippen molar-refractivity contribution in [3.63, 3.8) is 0 Å². The number of nitriles is 1. The van der Waals surface area contributed by atoms with E-state index in [0.29, 0.717) is 10.0 Å². The Hall–Kier alpha value is -2.75. The Morgan fingerprint density at radius 3 is 2.47 bits per heavy atom. The summed E-state index contributed by atoms with van der Waals surface area (Å²) >= 11 is 12.1. The van der Waals surface area contributed by atoms with Gasteiger partial charge in [-0.2, -0.15) is 5.26 Å². The number of carbonyl (C=O) groups excluding carboxylic acids is 2. The number of hydrogen-bond donors (Lipinski definition) is 1. The van der Waals surface area contributed by atoms with Gasteiger partial charge in [0.2, 0.25) is 5.91 Å². The van der Waals surface area contributed by atoms with E-state index in [1.54, 1.807) is 24.3 Å². The summed E-state index contributed by atoms with van der Waals surface area (Å²) in [5, 5.41) is 12.7. The first-order valence-electron chi connectivity index (χ1n) is 9.47. The largest absolute Gasteiger partial charge is 0.349 e. The number of aryl methyl sites for hydroxylation is 1. The van der Waals surface area contributed by atoms with Crippen molar-refractivity contribution in [3.05, 3.63) is 56.8 Å². The van der Waals surface area contributed by atoms with Crippen LogP contribution in [0.2, 0.25) is 10.0 Å². The minimum absolute atomic E-state index is 0.0437.